The van der Waals surface area contributed by atoms with Crippen molar-refractivity contribution in [3.05, 3.63) is 24.3 Å². The predicted molar refractivity (Wildman–Crippen MR) is 91.7 cm³/mol. The van der Waals surface area contributed by atoms with Gasteiger partial charge in [-0.3, -0.25) is 0 Å². The van der Waals surface area contributed by atoms with E-state index in [2.05, 4.69) is 19.6 Å². The SMILES string of the molecule is C=C/C=C(\C)C1CCCC2(C1)OOC1(O2)C2CC3CC(C2)CC1C3. The predicted octanol–water partition coefficient (Wildman–Crippen LogP) is 5.14. The largest absolute Gasteiger partial charge is 0.312 e. The molecule has 5 aliphatic carbocycles. The first-order chi connectivity index (χ1) is 11.6. The van der Waals surface area contributed by atoms with Crippen molar-refractivity contribution in [2.24, 2.45) is 29.6 Å². The van der Waals surface area contributed by atoms with Gasteiger partial charge in [0.25, 0.3) is 0 Å². The van der Waals surface area contributed by atoms with E-state index in [-0.39, 0.29) is 0 Å². The fourth-order valence-corrected chi connectivity index (χ4v) is 6.69. The summed E-state index contributed by atoms with van der Waals surface area (Å²) >= 11 is 0. The third kappa shape index (κ3) is 2.21. The van der Waals surface area contributed by atoms with Gasteiger partial charge in [0.05, 0.1) is 0 Å². The average molecular weight is 330 g/mol. The third-order valence-corrected chi connectivity index (χ3v) is 7.64. The molecule has 2 unspecified atom stereocenters. The van der Waals surface area contributed by atoms with E-state index in [1.54, 1.807) is 0 Å². The molecule has 1 heterocycles. The summed E-state index contributed by atoms with van der Waals surface area (Å²) in [4.78, 5) is 12.2. The van der Waals surface area contributed by atoms with Gasteiger partial charge in [0.2, 0.25) is 11.6 Å². The third-order valence-electron chi connectivity index (χ3n) is 7.64. The van der Waals surface area contributed by atoms with Crippen molar-refractivity contribution in [3.8, 4) is 0 Å². The summed E-state index contributed by atoms with van der Waals surface area (Å²) in [5.74, 6) is 2.53. The molecule has 0 aromatic rings. The molecule has 6 rings (SSSR count). The molecule has 3 nitrogen and oxygen atoms in total. The number of rotatable bonds is 2. The molecule has 0 N–H and O–H groups in total. The number of hydrogen-bond acceptors (Lipinski definition) is 3. The molecule has 2 spiro atoms. The number of allylic oxidation sites excluding steroid dienone is 3. The highest BCUT2D eigenvalue weighted by Gasteiger charge is 2.66. The van der Waals surface area contributed by atoms with Crippen LogP contribution in [0, 0.1) is 29.6 Å². The van der Waals surface area contributed by atoms with Gasteiger partial charge in [0, 0.05) is 24.7 Å². The van der Waals surface area contributed by atoms with E-state index in [1.807, 2.05) is 6.08 Å². The Balaban J connectivity index is 1.38. The van der Waals surface area contributed by atoms with Crippen LogP contribution in [0.2, 0.25) is 0 Å². The second-order valence-electron chi connectivity index (χ2n) is 9.14. The van der Waals surface area contributed by atoms with Crippen LogP contribution in [0.25, 0.3) is 0 Å². The van der Waals surface area contributed by atoms with Crippen molar-refractivity contribution in [2.75, 3.05) is 0 Å². The molecule has 0 amide bonds. The molecule has 24 heavy (non-hydrogen) atoms. The van der Waals surface area contributed by atoms with Gasteiger partial charge >= 0.3 is 0 Å². The first-order valence-electron chi connectivity index (χ1n) is 9.99. The zero-order valence-electron chi connectivity index (χ0n) is 14.8. The Bertz CT molecular complexity index is 537. The van der Waals surface area contributed by atoms with Gasteiger partial charge in [0.15, 0.2) is 0 Å². The van der Waals surface area contributed by atoms with Gasteiger partial charge in [-0.25, -0.2) is 0 Å². The summed E-state index contributed by atoms with van der Waals surface area (Å²) in [7, 11) is 0. The van der Waals surface area contributed by atoms with Gasteiger partial charge < -0.3 is 4.74 Å². The molecule has 0 aromatic carbocycles. The highest BCUT2D eigenvalue weighted by molar-refractivity contribution is 5.13. The van der Waals surface area contributed by atoms with Gasteiger partial charge in [0.1, 0.15) is 0 Å². The highest BCUT2D eigenvalue weighted by Crippen LogP contribution is 2.64. The van der Waals surface area contributed by atoms with Crippen LogP contribution in [-0.4, -0.2) is 11.6 Å². The highest BCUT2D eigenvalue weighted by atomic mass is 17.3. The zero-order chi connectivity index (χ0) is 16.4. The molecular weight excluding hydrogens is 300 g/mol. The van der Waals surface area contributed by atoms with Crippen LogP contribution in [0.5, 0.6) is 0 Å². The monoisotopic (exact) mass is 330 g/mol. The Morgan fingerprint density at radius 3 is 2.42 bits per heavy atom. The van der Waals surface area contributed by atoms with Crippen molar-refractivity contribution >= 4 is 0 Å². The molecule has 4 bridgehead atoms. The van der Waals surface area contributed by atoms with E-state index < -0.39 is 11.6 Å². The maximum absolute atomic E-state index is 6.82. The second-order valence-corrected chi connectivity index (χ2v) is 9.14. The Labute approximate surface area is 145 Å². The van der Waals surface area contributed by atoms with Gasteiger partial charge in [-0.05, 0) is 69.6 Å². The quantitative estimate of drug-likeness (QED) is 0.518. The van der Waals surface area contributed by atoms with Crippen LogP contribution < -0.4 is 0 Å². The Morgan fingerprint density at radius 1 is 1.04 bits per heavy atom. The first kappa shape index (κ1) is 15.6. The molecule has 3 heteroatoms. The molecule has 5 saturated carbocycles. The van der Waals surface area contributed by atoms with E-state index >= 15 is 0 Å². The summed E-state index contributed by atoms with van der Waals surface area (Å²) in [6.45, 7) is 6.05. The molecule has 2 atom stereocenters. The van der Waals surface area contributed by atoms with Crippen LogP contribution >= 0.6 is 0 Å². The lowest BCUT2D eigenvalue weighted by Crippen LogP contribution is -2.59. The summed E-state index contributed by atoms with van der Waals surface area (Å²) in [5.41, 5.74) is 1.39. The van der Waals surface area contributed by atoms with E-state index in [0.29, 0.717) is 17.8 Å². The molecule has 1 aliphatic heterocycles. The fraction of sp³-hybridized carbons (Fsp3) is 0.810. The fourth-order valence-electron chi connectivity index (χ4n) is 6.69. The van der Waals surface area contributed by atoms with Crippen LogP contribution in [0.1, 0.15) is 64.7 Å². The van der Waals surface area contributed by atoms with Gasteiger partial charge in [-0.1, -0.05) is 24.3 Å². The summed E-state index contributed by atoms with van der Waals surface area (Å²) in [6, 6.07) is 0. The average Bonchev–Trinajstić information content (AvgIpc) is 2.92. The van der Waals surface area contributed by atoms with Crippen molar-refractivity contribution in [2.45, 2.75) is 76.3 Å². The molecule has 6 fully saturated rings. The van der Waals surface area contributed by atoms with Crippen LogP contribution in [-0.2, 0) is 14.5 Å². The Hall–Kier alpha value is -0.640. The van der Waals surface area contributed by atoms with Gasteiger partial charge in [-0.2, -0.15) is 9.78 Å². The maximum Gasteiger partial charge on any atom is 0.210 e. The lowest BCUT2D eigenvalue weighted by molar-refractivity contribution is -0.390. The Morgan fingerprint density at radius 2 is 1.75 bits per heavy atom. The van der Waals surface area contributed by atoms with E-state index in [0.717, 1.165) is 31.1 Å². The topological polar surface area (TPSA) is 27.7 Å². The molecule has 0 radical (unpaired) electrons. The summed E-state index contributed by atoms with van der Waals surface area (Å²) < 4.78 is 6.82. The van der Waals surface area contributed by atoms with E-state index in [4.69, 9.17) is 14.5 Å². The smallest absolute Gasteiger partial charge is 0.210 e. The van der Waals surface area contributed by atoms with Gasteiger partial charge in [-0.15, -0.1) is 0 Å². The minimum Gasteiger partial charge on any atom is -0.312 e. The van der Waals surface area contributed by atoms with E-state index in [1.165, 1.54) is 44.1 Å². The maximum atomic E-state index is 6.82. The van der Waals surface area contributed by atoms with Crippen LogP contribution in [0.15, 0.2) is 24.3 Å². The van der Waals surface area contributed by atoms with Crippen molar-refractivity contribution in [3.63, 3.8) is 0 Å². The summed E-state index contributed by atoms with van der Waals surface area (Å²) in [6.07, 6.45) is 14.9. The summed E-state index contributed by atoms with van der Waals surface area (Å²) in [5, 5.41) is 0. The minimum absolute atomic E-state index is 0.425. The van der Waals surface area contributed by atoms with Crippen LogP contribution in [0.3, 0.4) is 0 Å². The lowest BCUT2D eigenvalue weighted by Gasteiger charge is -2.57. The van der Waals surface area contributed by atoms with Crippen molar-refractivity contribution < 1.29 is 14.5 Å². The molecular formula is C21H30O3. The van der Waals surface area contributed by atoms with Crippen LogP contribution in [0.4, 0.5) is 0 Å². The molecule has 0 aromatic heterocycles. The Kier molecular flexibility index (Phi) is 3.53. The lowest BCUT2D eigenvalue weighted by atomic mass is 9.53. The standard InChI is InChI=1S/C21H30O3/c1-3-5-14(2)17-6-4-7-20(13-17)22-21(24-23-20)18-9-15-8-16(11-18)12-19(21)10-15/h3,5,15-19H,1,4,6-13H2,2H3/b14-5+. The molecule has 6 aliphatic rings. The van der Waals surface area contributed by atoms with Crippen molar-refractivity contribution in [1.29, 1.82) is 0 Å². The number of ether oxygens (including phenoxy) is 1. The van der Waals surface area contributed by atoms with E-state index in [9.17, 15) is 0 Å². The van der Waals surface area contributed by atoms with Crippen molar-refractivity contribution in [1.82, 2.24) is 0 Å². The first-order valence-corrected chi connectivity index (χ1v) is 9.99. The second kappa shape index (κ2) is 5.43. The zero-order valence-corrected chi connectivity index (χ0v) is 14.8. The minimum atomic E-state index is -0.505. The number of hydrogen-bond donors (Lipinski definition) is 0. The molecule has 1 saturated heterocycles. The molecule has 132 valence electrons. The normalized spacial score (nSPS) is 53.2.